The molecule has 0 fully saturated rings. The lowest BCUT2D eigenvalue weighted by Gasteiger charge is -2.15. The third-order valence-electron chi connectivity index (χ3n) is 6.74. The van der Waals surface area contributed by atoms with Gasteiger partial charge >= 0.3 is 11.7 Å². The average molecular weight is 547 g/mol. The normalized spacial score (nSPS) is 14.0. The number of nitrogens with zero attached hydrogens (tertiary/aromatic N) is 4. The van der Waals surface area contributed by atoms with Gasteiger partial charge in [0.15, 0.2) is 0 Å². The van der Waals surface area contributed by atoms with Crippen molar-refractivity contribution in [2.45, 2.75) is 32.4 Å². The summed E-state index contributed by atoms with van der Waals surface area (Å²) in [7, 11) is 1.30. The van der Waals surface area contributed by atoms with Crippen LogP contribution in [0.3, 0.4) is 0 Å². The van der Waals surface area contributed by atoms with Crippen molar-refractivity contribution in [3.05, 3.63) is 104 Å². The second-order valence-electron chi connectivity index (χ2n) is 9.29. The van der Waals surface area contributed by atoms with Gasteiger partial charge in [0.2, 0.25) is 5.65 Å². The van der Waals surface area contributed by atoms with E-state index in [1.165, 1.54) is 25.3 Å². The van der Waals surface area contributed by atoms with E-state index in [0.29, 0.717) is 29.5 Å². The lowest BCUT2D eigenvalue weighted by molar-refractivity contribution is -0.383. The first-order valence-electron chi connectivity index (χ1n) is 12.2. The van der Waals surface area contributed by atoms with Gasteiger partial charge in [-0.05, 0) is 60.2 Å². The van der Waals surface area contributed by atoms with Crippen LogP contribution in [0, 0.1) is 22.9 Å². The Morgan fingerprint density at radius 1 is 1.18 bits per heavy atom. The first kappa shape index (κ1) is 26.4. The van der Waals surface area contributed by atoms with Crippen LogP contribution in [0.25, 0.3) is 5.65 Å². The molecule has 1 aliphatic carbocycles. The van der Waals surface area contributed by atoms with Crippen LogP contribution in [-0.4, -0.2) is 44.4 Å². The number of methoxy groups -OCH3 is 1. The number of aryl methyl sites for hydroxylation is 2. The minimum atomic E-state index is -0.702. The molecule has 5 rings (SSSR count). The molecule has 0 saturated carbocycles. The number of hydrogen-bond donors (Lipinski definition) is 2. The summed E-state index contributed by atoms with van der Waals surface area (Å²) in [6.45, 7) is 1.64. The van der Waals surface area contributed by atoms with E-state index in [1.807, 2.05) is 0 Å². The fourth-order valence-corrected chi connectivity index (χ4v) is 4.69. The summed E-state index contributed by atoms with van der Waals surface area (Å²) in [6, 6.07) is 10.3. The number of nitro groups is 1. The van der Waals surface area contributed by atoms with Crippen LogP contribution in [0.1, 0.15) is 66.1 Å². The Balaban J connectivity index is 1.42. The molecule has 13 heteroatoms. The molecular weight excluding hydrogens is 523 g/mol. The third kappa shape index (κ3) is 4.96. The molecule has 2 amide bonds. The summed E-state index contributed by atoms with van der Waals surface area (Å²) < 4.78 is 19.4. The van der Waals surface area contributed by atoms with Crippen LogP contribution in [-0.2, 0) is 17.7 Å². The topological polar surface area (TPSA) is 158 Å². The van der Waals surface area contributed by atoms with Gasteiger partial charge in [-0.2, -0.15) is 5.10 Å². The zero-order chi connectivity index (χ0) is 28.6. The standard InChI is InChI=1S/C27H23FN6O6/c1-14-9-15(3-7-19(14)28)12-29-26(36)22-11-21(31-24-23(34(38)39)13-30-33(22)24)25(35)32-20-8-5-16-10-17(27(37)40-2)4-6-18(16)20/h3-4,6-7,9-11,13,20H,5,8,12H2,1-2H3,(H,29,36)(H,32,35)/t20-/m0/s1. The minimum absolute atomic E-state index is 0.0427. The van der Waals surface area contributed by atoms with Gasteiger partial charge in [-0.1, -0.05) is 18.2 Å². The molecule has 2 heterocycles. The van der Waals surface area contributed by atoms with Gasteiger partial charge < -0.3 is 15.4 Å². The number of aromatic nitrogens is 3. The molecular formula is C27H23FN6O6. The Morgan fingerprint density at radius 2 is 1.98 bits per heavy atom. The van der Waals surface area contributed by atoms with E-state index in [0.717, 1.165) is 21.8 Å². The smallest absolute Gasteiger partial charge is 0.337 e. The molecule has 4 aromatic rings. The van der Waals surface area contributed by atoms with Gasteiger partial charge in [0.25, 0.3) is 11.8 Å². The summed E-state index contributed by atoms with van der Waals surface area (Å²) in [5.74, 6) is -2.14. The number of rotatable bonds is 7. The molecule has 0 radical (unpaired) electrons. The van der Waals surface area contributed by atoms with Crippen LogP contribution in [0.2, 0.25) is 0 Å². The summed E-state index contributed by atoms with van der Waals surface area (Å²) in [5, 5.41) is 21.1. The fourth-order valence-electron chi connectivity index (χ4n) is 4.69. The lowest BCUT2D eigenvalue weighted by Crippen LogP contribution is -2.30. The second-order valence-corrected chi connectivity index (χ2v) is 9.29. The number of halogens is 1. The number of ether oxygens (including phenoxy) is 1. The van der Waals surface area contributed by atoms with Crippen molar-refractivity contribution in [3.63, 3.8) is 0 Å². The number of nitrogens with one attached hydrogen (secondary N) is 2. The van der Waals surface area contributed by atoms with E-state index in [-0.39, 0.29) is 29.4 Å². The van der Waals surface area contributed by atoms with Gasteiger partial charge in [0, 0.05) is 12.6 Å². The molecule has 0 unspecified atom stereocenters. The van der Waals surface area contributed by atoms with Crippen molar-refractivity contribution < 1.29 is 28.4 Å². The molecule has 2 aromatic carbocycles. The highest BCUT2D eigenvalue weighted by molar-refractivity contribution is 5.99. The summed E-state index contributed by atoms with van der Waals surface area (Å²) in [4.78, 5) is 53.3. The largest absolute Gasteiger partial charge is 0.465 e. The van der Waals surface area contributed by atoms with Crippen LogP contribution in [0.5, 0.6) is 0 Å². The van der Waals surface area contributed by atoms with Crippen LogP contribution in [0.4, 0.5) is 10.1 Å². The zero-order valence-corrected chi connectivity index (χ0v) is 21.4. The lowest BCUT2D eigenvalue weighted by atomic mass is 10.0. The van der Waals surface area contributed by atoms with Gasteiger partial charge in [0.1, 0.15) is 23.4 Å². The number of benzene rings is 2. The second kappa shape index (κ2) is 10.5. The molecule has 2 N–H and O–H groups in total. The van der Waals surface area contributed by atoms with Crippen LogP contribution < -0.4 is 10.6 Å². The summed E-state index contributed by atoms with van der Waals surface area (Å²) in [6.07, 6.45) is 2.13. The maximum absolute atomic E-state index is 13.6. The molecule has 0 spiro atoms. The highest BCUT2D eigenvalue weighted by Crippen LogP contribution is 2.32. The van der Waals surface area contributed by atoms with E-state index in [1.54, 1.807) is 31.2 Å². The van der Waals surface area contributed by atoms with E-state index < -0.39 is 34.4 Å². The van der Waals surface area contributed by atoms with Crippen LogP contribution >= 0.6 is 0 Å². The fraction of sp³-hybridized carbons (Fsp3) is 0.222. The van der Waals surface area contributed by atoms with Crippen molar-refractivity contribution >= 4 is 29.1 Å². The van der Waals surface area contributed by atoms with E-state index in [4.69, 9.17) is 4.74 Å². The SMILES string of the molecule is COC(=O)c1ccc2c(c1)CC[C@@H]2NC(=O)c1cc(C(=O)NCc2ccc(F)c(C)c2)n2ncc([N+](=O)[O-])c2n1. The zero-order valence-electron chi connectivity index (χ0n) is 21.4. The minimum Gasteiger partial charge on any atom is -0.465 e. The third-order valence-corrected chi connectivity index (χ3v) is 6.74. The molecule has 40 heavy (non-hydrogen) atoms. The monoisotopic (exact) mass is 546 g/mol. The van der Waals surface area contributed by atoms with Crippen molar-refractivity contribution in [3.8, 4) is 0 Å². The maximum atomic E-state index is 13.6. The van der Waals surface area contributed by atoms with Crippen molar-refractivity contribution in [2.75, 3.05) is 7.11 Å². The number of carbonyl (C=O) groups is 3. The molecule has 0 saturated heterocycles. The molecule has 0 bridgehead atoms. The first-order valence-corrected chi connectivity index (χ1v) is 12.2. The summed E-state index contributed by atoms with van der Waals surface area (Å²) >= 11 is 0. The van der Waals surface area contributed by atoms with Gasteiger partial charge in [-0.25, -0.2) is 18.7 Å². The molecule has 204 valence electrons. The highest BCUT2D eigenvalue weighted by Gasteiger charge is 2.28. The Hall–Kier alpha value is -5.20. The van der Waals surface area contributed by atoms with Gasteiger partial charge in [0.05, 0.1) is 23.6 Å². The number of carbonyl (C=O) groups excluding carboxylic acids is 3. The summed E-state index contributed by atoms with van der Waals surface area (Å²) in [5.41, 5.74) is 2.07. The maximum Gasteiger partial charge on any atom is 0.337 e. The van der Waals surface area contributed by atoms with Crippen molar-refractivity contribution in [2.24, 2.45) is 0 Å². The number of esters is 1. The molecule has 12 nitrogen and oxygen atoms in total. The van der Waals surface area contributed by atoms with Gasteiger partial charge in [-0.15, -0.1) is 0 Å². The molecule has 2 aromatic heterocycles. The van der Waals surface area contributed by atoms with E-state index >= 15 is 0 Å². The molecule has 1 atom stereocenters. The Kier molecular flexibility index (Phi) is 6.94. The quantitative estimate of drug-likeness (QED) is 0.203. The Labute approximate surface area is 226 Å². The van der Waals surface area contributed by atoms with Crippen molar-refractivity contribution in [1.82, 2.24) is 25.2 Å². The molecule has 1 aliphatic rings. The highest BCUT2D eigenvalue weighted by atomic mass is 19.1. The Morgan fingerprint density at radius 3 is 2.70 bits per heavy atom. The van der Waals surface area contributed by atoms with E-state index in [9.17, 15) is 28.9 Å². The molecule has 0 aliphatic heterocycles. The van der Waals surface area contributed by atoms with E-state index in [2.05, 4.69) is 20.7 Å². The van der Waals surface area contributed by atoms with Crippen LogP contribution in [0.15, 0.2) is 48.7 Å². The predicted molar refractivity (Wildman–Crippen MR) is 138 cm³/mol. The Bertz CT molecular complexity index is 1700. The predicted octanol–water partition coefficient (Wildman–Crippen LogP) is 3.22. The average Bonchev–Trinajstić information content (AvgIpc) is 3.56. The van der Waals surface area contributed by atoms with Gasteiger partial charge in [-0.3, -0.25) is 19.7 Å². The first-order chi connectivity index (χ1) is 19.2. The number of amides is 2. The number of fused-ring (bicyclic) bond motifs is 2. The number of hydrogen-bond acceptors (Lipinski definition) is 8. The van der Waals surface area contributed by atoms with Crippen molar-refractivity contribution in [1.29, 1.82) is 0 Å².